The van der Waals surface area contributed by atoms with Gasteiger partial charge in [-0.15, -0.1) is 0 Å². The number of carbonyl (C=O) groups excluding carboxylic acids is 2. The van der Waals surface area contributed by atoms with Gasteiger partial charge in [-0.1, -0.05) is 58.4 Å². The van der Waals surface area contributed by atoms with Crippen molar-refractivity contribution >= 4 is 44.7 Å². The molecule has 2 amide bonds. The molecule has 4 rings (SSSR count). The Bertz CT molecular complexity index is 1170. The third-order valence-electron chi connectivity index (χ3n) is 4.82. The number of methoxy groups -OCH3 is 1. The minimum absolute atomic E-state index is 0.229. The second-order valence-electron chi connectivity index (χ2n) is 6.87. The Morgan fingerprint density at radius 3 is 2.37 bits per heavy atom. The van der Waals surface area contributed by atoms with Crippen LogP contribution in [0.25, 0.3) is 5.57 Å². The van der Waals surface area contributed by atoms with Gasteiger partial charge in [-0.2, -0.15) is 0 Å². The molecule has 0 radical (unpaired) electrons. The van der Waals surface area contributed by atoms with Gasteiger partial charge in [0.05, 0.1) is 18.4 Å². The largest absolute Gasteiger partial charge is 0.495 e. The molecule has 0 spiro atoms. The van der Waals surface area contributed by atoms with Crippen molar-refractivity contribution in [3.63, 3.8) is 0 Å². The summed E-state index contributed by atoms with van der Waals surface area (Å²) in [5.74, 6) is -0.367. The Hall–Kier alpha value is -3.38. The van der Waals surface area contributed by atoms with Gasteiger partial charge in [0.15, 0.2) is 0 Å². The lowest BCUT2D eigenvalue weighted by atomic mass is 10.0. The topological polar surface area (TPSA) is 58.6 Å². The molecule has 0 atom stereocenters. The number of anilines is 2. The average molecular weight is 463 g/mol. The van der Waals surface area contributed by atoms with Crippen LogP contribution in [0.2, 0.25) is 0 Å². The molecule has 0 saturated heterocycles. The van der Waals surface area contributed by atoms with Crippen LogP contribution in [0, 0.1) is 6.92 Å². The van der Waals surface area contributed by atoms with E-state index in [1.165, 1.54) is 12.0 Å². The molecule has 0 bridgehead atoms. The van der Waals surface area contributed by atoms with Gasteiger partial charge in [-0.25, -0.2) is 4.90 Å². The maximum Gasteiger partial charge on any atom is 0.282 e. The highest BCUT2D eigenvalue weighted by Gasteiger charge is 2.41. The Morgan fingerprint density at radius 2 is 1.67 bits per heavy atom. The molecule has 1 heterocycles. The molecule has 0 aliphatic carbocycles. The lowest BCUT2D eigenvalue weighted by Gasteiger charge is -2.19. The van der Waals surface area contributed by atoms with Crippen LogP contribution < -0.4 is 15.0 Å². The fourth-order valence-corrected chi connectivity index (χ4v) is 3.82. The summed E-state index contributed by atoms with van der Waals surface area (Å²) in [5, 5.41) is 3.16. The predicted octanol–water partition coefficient (Wildman–Crippen LogP) is 5.16. The molecule has 0 saturated carbocycles. The van der Waals surface area contributed by atoms with E-state index in [1.54, 1.807) is 12.1 Å². The van der Waals surface area contributed by atoms with Crippen molar-refractivity contribution in [3.05, 3.63) is 94.1 Å². The fraction of sp³-hybridized carbons (Fsp3) is 0.0833. The maximum absolute atomic E-state index is 13.5. The third-order valence-corrected chi connectivity index (χ3v) is 5.31. The highest BCUT2D eigenvalue weighted by atomic mass is 79.9. The minimum Gasteiger partial charge on any atom is -0.495 e. The van der Waals surface area contributed by atoms with Crippen LogP contribution in [0.1, 0.15) is 11.1 Å². The quantitative estimate of drug-likeness (QED) is 0.531. The highest BCUT2D eigenvalue weighted by molar-refractivity contribution is 9.10. The Labute approximate surface area is 183 Å². The number of carbonyl (C=O) groups is 2. The maximum atomic E-state index is 13.5. The van der Waals surface area contributed by atoms with Crippen LogP contribution in [0.5, 0.6) is 5.75 Å². The molecule has 1 aliphatic rings. The molecule has 1 aliphatic heterocycles. The monoisotopic (exact) mass is 462 g/mol. The van der Waals surface area contributed by atoms with Crippen molar-refractivity contribution in [2.45, 2.75) is 6.92 Å². The first-order valence-electron chi connectivity index (χ1n) is 9.35. The number of rotatable bonds is 5. The van der Waals surface area contributed by atoms with Crippen molar-refractivity contribution in [1.82, 2.24) is 0 Å². The summed E-state index contributed by atoms with van der Waals surface area (Å²) < 4.78 is 6.29. The van der Waals surface area contributed by atoms with E-state index in [-0.39, 0.29) is 5.70 Å². The van der Waals surface area contributed by atoms with Crippen LogP contribution in [-0.2, 0) is 9.59 Å². The molecule has 3 aromatic rings. The summed E-state index contributed by atoms with van der Waals surface area (Å²) in [6.45, 7) is 1.90. The molecule has 0 fully saturated rings. The van der Waals surface area contributed by atoms with Gasteiger partial charge in [0.25, 0.3) is 11.8 Å². The molecular formula is C24H19BrN2O3. The van der Waals surface area contributed by atoms with Crippen LogP contribution >= 0.6 is 15.9 Å². The van der Waals surface area contributed by atoms with E-state index in [0.717, 1.165) is 10.0 Å². The molecule has 0 aromatic heterocycles. The van der Waals surface area contributed by atoms with Crippen molar-refractivity contribution in [3.8, 4) is 5.75 Å². The van der Waals surface area contributed by atoms with Crippen molar-refractivity contribution < 1.29 is 14.3 Å². The number of halogens is 1. The number of ether oxygens (including phenoxy) is 1. The van der Waals surface area contributed by atoms with E-state index in [2.05, 4.69) is 21.2 Å². The summed E-state index contributed by atoms with van der Waals surface area (Å²) in [7, 11) is 1.52. The molecule has 1 N–H and O–H groups in total. The predicted molar refractivity (Wildman–Crippen MR) is 121 cm³/mol. The standard InChI is InChI=1S/C24H19BrN2O3/c1-15-11-12-20(30-2)19(13-15)27-23(28)21(16-7-4-3-5-8-16)22(24(27)29)26-18-10-6-9-17(25)14-18/h3-14,26H,1-2H3. The van der Waals surface area contributed by atoms with Crippen LogP contribution in [-0.4, -0.2) is 18.9 Å². The minimum atomic E-state index is -0.428. The molecule has 0 unspecified atom stereocenters. The van der Waals surface area contributed by atoms with Gasteiger partial charge in [0.2, 0.25) is 0 Å². The van der Waals surface area contributed by atoms with Crippen molar-refractivity contribution in [2.24, 2.45) is 0 Å². The van der Waals surface area contributed by atoms with Gasteiger partial charge in [-0.3, -0.25) is 9.59 Å². The summed E-state index contributed by atoms with van der Waals surface area (Å²) in [5.41, 5.74) is 3.26. The van der Waals surface area contributed by atoms with E-state index in [9.17, 15) is 9.59 Å². The second kappa shape index (κ2) is 8.16. The lowest BCUT2D eigenvalue weighted by molar-refractivity contribution is -0.120. The normalized spacial score (nSPS) is 13.8. The van der Waals surface area contributed by atoms with Crippen molar-refractivity contribution in [1.29, 1.82) is 0 Å². The van der Waals surface area contributed by atoms with Crippen LogP contribution in [0.3, 0.4) is 0 Å². The Balaban J connectivity index is 1.85. The second-order valence-corrected chi connectivity index (χ2v) is 7.79. The first kappa shape index (κ1) is 19.9. The van der Waals surface area contributed by atoms with E-state index >= 15 is 0 Å². The Morgan fingerprint density at radius 1 is 0.900 bits per heavy atom. The van der Waals surface area contributed by atoms with E-state index in [1.807, 2.05) is 67.6 Å². The number of benzene rings is 3. The first-order chi connectivity index (χ1) is 14.5. The number of aryl methyl sites for hydroxylation is 1. The van der Waals surface area contributed by atoms with Gasteiger partial charge < -0.3 is 10.1 Å². The smallest absolute Gasteiger partial charge is 0.282 e. The first-order valence-corrected chi connectivity index (χ1v) is 10.1. The van der Waals surface area contributed by atoms with Gasteiger partial charge >= 0.3 is 0 Å². The molecule has 5 nitrogen and oxygen atoms in total. The van der Waals surface area contributed by atoms with Gasteiger partial charge in [-0.05, 0) is 48.4 Å². The lowest BCUT2D eigenvalue weighted by Crippen LogP contribution is -2.32. The van der Waals surface area contributed by atoms with Crippen LogP contribution in [0.15, 0.2) is 83.0 Å². The van der Waals surface area contributed by atoms with Gasteiger partial charge in [0, 0.05) is 10.2 Å². The van der Waals surface area contributed by atoms with Gasteiger partial charge in [0.1, 0.15) is 11.4 Å². The number of imide groups is 1. The molecule has 3 aromatic carbocycles. The van der Waals surface area contributed by atoms with Crippen LogP contribution in [0.4, 0.5) is 11.4 Å². The van der Waals surface area contributed by atoms with Crippen molar-refractivity contribution in [2.75, 3.05) is 17.3 Å². The fourth-order valence-electron chi connectivity index (χ4n) is 3.42. The SMILES string of the molecule is COc1ccc(C)cc1N1C(=O)C(Nc2cccc(Br)c2)=C(c2ccccc2)C1=O. The molecular weight excluding hydrogens is 444 g/mol. The van der Waals surface area contributed by atoms with E-state index < -0.39 is 11.8 Å². The van der Waals surface area contributed by atoms with E-state index in [4.69, 9.17) is 4.74 Å². The number of hydrogen-bond donors (Lipinski definition) is 1. The molecule has 30 heavy (non-hydrogen) atoms. The number of hydrogen-bond acceptors (Lipinski definition) is 4. The summed E-state index contributed by atoms with van der Waals surface area (Å²) in [6.07, 6.45) is 0. The summed E-state index contributed by atoms with van der Waals surface area (Å²) >= 11 is 3.44. The summed E-state index contributed by atoms with van der Waals surface area (Å²) in [6, 6.07) is 22.0. The molecule has 150 valence electrons. The number of amides is 2. The number of nitrogens with one attached hydrogen (secondary N) is 1. The zero-order valence-electron chi connectivity index (χ0n) is 16.5. The highest BCUT2D eigenvalue weighted by Crippen LogP contribution is 2.38. The Kier molecular flexibility index (Phi) is 5.42. The zero-order valence-corrected chi connectivity index (χ0v) is 18.1. The molecule has 6 heteroatoms. The zero-order chi connectivity index (χ0) is 21.3. The third kappa shape index (κ3) is 3.62. The number of nitrogens with zero attached hydrogens (tertiary/aromatic N) is 1. The van der Waals surface area contributed by atoms with E-state index in [0.29, 0.717) is 28.3 Å². The summed E-state index contributed by atoms with van der Waals surface area (Å²) in [4.78, 5) is 28.2. The average Bonchev–Trinajstić information content (AvgIpc) is 2.98.